The van der Waals surface area contributed by atoms with Crippen molar-refractivity contribution >= 4 is 17.4 Å². The Hall–Kier alpha value is -3.84. The molecule has 0 heterocycles. The number of ketones is 1. The van der Waals surface area contributed by atoms with Gasteiger partial charge in [-0.15, -0.1) is 0 Å². The molecule has 3 rings (SSSR count). The van der Waals surface area contributed by atoms with Gasteiger partial charge in [0.1, 0.15) is 0 Å². The smallest absolute Gasteiger partial charge is 0.269 e. The first-order valence-corrected chi connectivity index (χ1v) is 9.28. The number of nitro groups is 1. The molecule has 0 aromatic heterocycles. The van der Waals surface area contributed by atoms with E-state index in [0.717, 1.165) is 5.56 Å². The number of benzene rings is 3. The van der Waals surface area contributed by atoms with E-state index in [1.165, 1.54) is 24.3 Å². The summed E-state index contributed by atoms with van der Waals surface area (Å²) in [6.07, 6.45) is -1.05. The molecule has 30 heavy (non-hydrogen) atoms. The molecule has 0 bridgehead atoms. The largest absolute Gasteiger partial charge is 0.387 e. The van der Waals surface area contributed by atoms with Gasteiger partial charge in [-0.1, -0.05) is 48.0 Å². The van der Waals surface area contributed by atoms with E-state index >= 15 is 0 Å². The third-order valence-electron chi connectivity index (χ3n) is 4.67. The molecular formula is C23H20N2O5. The van der Waals surface area contributed by atoms with Gasteiger partial charge < -0.3 is 10.4 Å². The van der Waals surface area contributed by atoms with Gasteiger partial charge in [0.25, 0.3) is 11.6 Å². The quantitative estimate of drug-likeness (QED) is 0.355. The topological polar surface area (TPSA) is 110 Å². The van der Waals surface area contributed by atoms with Gasteiger partial charge in [0.05, 0.1) is 16.6 Å². The number of carbonyl (C=O) groups excluding carboxylic acids is 2. The minimum atomic E-state index is -1.05. The van der Waals surface area contributed by atoms with Crippen LogP contribution in [0.2, 0.25) is 0 Å². The van der Waals surface area contributed by atoms with Crippen LogP contribution in [-0.2, 0) is 0 Å². The molecule has 1 atom stereocenters. The van der Waals surface area contributed by atoms with Gasteiger partial charge in [-0.2, -0.15) is 0 Å². The first-order valence-electron chi connectivity index (χ1n) is 9.28. The van der Waals surface area contributed by atoms with Gasteiger partial charge in [-0.05, 0) is 30.7 Å². The summed E-state index contributed by atoms with van der Waals surface area (Å²) >= 11 is 0. The zero-order valence-corrected chi connectivity index (χ0v) is 16.2. The van der Waals surface area contributed by atoms with Crippen molar-refractivity contribution in [3.63, 3.8) is 0 Å². The highest BCUT2D eigenvalue weighted by Gasteiger charge is 2.19. The predicted molar refractivity (Wildman–Crippen MR) is 111 cm³/mol. The second kappa shape index (κ2) is 9.11. The van der Waals surface area contributed by atoms with Crippen LogP contribution in [0, 0.1) is 17.0 Å². The highest BCUT2D eigenvalue weighted by atomic mass is 16.6. The molecule has 0 spiro atoms. The summed E-state index contributed by atoms with van der Waals surface area (Å²) in [5, 5.41) is 23.6. The Morgan fingerprint density at radius 1 is 0.967 bits per heavy atom. The lowest BCUT2D eigenvalue weighted by molar-refractivity contribution is -0.384. The van der Waals surface area contributed by atoms with Crippen LogP contribution in [0.1, 0.15) is 43.5 Å². The summed E-state index contributed by atoms with van der Waals surface area (Å²) < 4.78 is 0. The fraction of sp³-hybridized carbons (Fsp3) is 0.130. The number of nitro benzene ring substituents is 1. The molecule has 0 aliphatic rings. The molecule has 0 radical (unpaired) electrons. The van der Waals surface area contributed by atoms with Crippen molar-refractivity contribution in [2.24, 2.45) is 0 Å². The van der Waals surface area contributed by atoms with Gasteiger partial charge >= 0.3 is 0 Å². The molecule has 7 heteroatoms. The molecule has 152 valence electrons. The molecule has 0 saturated carbocycles. The lowest BCUT2D eigenvalue weighted by Crippen LogP contribution is -2.29. The number of nitrogens with one attached hydrogen (secondary N) is 1. The number of hydrogen-bond donors (Lipinski definition) is 2. The summed E-state index contributed by atoms with van der Waals surface area (Å²) in [5.41, 5.74) is 2.33. The summed E-state index contributed by atoms with van der Waals surface area (Å²) in [7, 11) is 0. The number of aryl methyl sites for hydroxylation is 1. The van der Waals surface area contributed by atoms with Crippen molar-refractivity contribution in [2.75, 3.05) is 6.54 Å². The maximum absolute atomic E-state index is 12.8. The van der Waals surface area contributed by atoms with Gasteiger partial charge in [-0.25, -0.2) is 0 Å². The third kappa shape index (κ3) is 4.76. The maximum Gasteiger partial charge on any atom is 0.269 e. The lowest BCUT2D eigenvalue weighted by Gasteiger charge is -2.14. The highest BCUT2D eigenvalue weighted by molar-refractivity contribution is 6.15. The Balaban J connectivity index is 1.72. The van der Waals surface area contributed by atoms with Crippen LogP contribution in [0.25, 0.3) is 0 Å². The van der Waals surface area contributed by atoms with Crippen molar-refractivity contribution < 1.29 is 19.6 Å². The van der Waals surface area contributed by atoms with Crippen LogP contribution >= 0.6 is 0 Å². The zero-order valence-electron chi connectivity index (χ0n) is 16.2. The Morgan fingerprint density at radius 3 is 2.17 bits per heavy atom. The van der Waals surface area contributed by atoms with E-state index in [9.17, 15) is 24.8 Å². The Kier molecular flexibility index (Phi) is 6.34. The van der Waals surface area contributed by atoms with E-state index in [1.54, 1.807) is 36.4 Å². The van der Waals surface area contributed by atoms with Gasteiger partial charge in [0, 0.05) is 29.8 Å². The molecule has 0 aliphatic heterocycles. The average Bonchev–Trinajstić information content (AvgIpc) is 2.77. The number of nitrogens with zero attached hydrogens (tertiary/aromatic N) is 1. The first kappa shape index (κ1) is 20.9. The Labute approximate surface area is 173 Å². The monoisotopic (exact) mass is 404 g/mol. The zero-order chi connectivity index (χ0) is 21.7. The van der Waals surface area contributed by atoms with Crippen molar-refractivity contribution in [1.29, 1.82) is 0 Å². The van der Waals surface area contributed by atoms with Crippen molar-refractivity contribution in [3.8, 4) is 0 Å². The van der Waals surface area contributed by atoms with Crippen LogP contribution in [0.3, 0.4) is 0 Å². The summed E-state index contributed by atoms with van der Waals surface area (Å²) in [6, 6.07) is 19.0. The van der Waals surface area contributed by atoms with Gasteiger partial charge in [0.2, 0.25) is 0 Å². The molecule has 1 amide bonds. The number of aliphatic hydroxyl groups excluding tert-OH is 1. The standard InChI is InChI=1S/C23H20N2O5/c1-15-6-8-17(9-7-15)22(27)19-4-2-3-5-20(19)23(28)24-14-21(26)16-10-12-18(13-11-16)25(29)30/h2-13,21,26H,14H2,1H3,(H,24,28)/t21-/m0/s1. The van der Waals surface area contributed by atoms with E-state index in [-0.39, 0.29) is 29.1 Å². The van der Waals surface area contributed by atoms with Crippen molar-refractivity contribution in [3.05, 3.63) is 111 Å². The summed E-state index contributed by atoms with van der Waals surface area (Å²) in [5.74, 6) is -0.760. The molecule has 0 unspecified atom stereocenters. The SMILES string of the molecule is Cc1ccc(C(=O)c2ccccc2C(=O)NC[C@H](O)c2ccc([N+](=O)[O-])cc2)cc1. The number of aliphatic hydroxyl groups is 1. The summed E-state index contributed by atoms with van der Waals surface area (Å²) in [4.78, 5) is 35.7. The highest BCUT2D eigenvalue weighted by Crippen LogP contribution is 2.18. The lowest BCUT2D eigenvalue weighted by atomic mass is 9.97. The summed E-state index contributed by atoms with van der Waals surface area (Å²) in [6.45, 7) is 1.82. The van der Waals surface area contributed by atoms with E-state index in [1.807, 2.05) is 19.1 Å². The minimum absolute atomic E-state index is 0.0847. The minimum Gasteiger partial charge on any atom is -0.387 e. The second-order valence-corrected chi connectivity index (χ2v) is 6.82. The maximum atomic E-state index is 12.8. The molecule has 0 fully saturated rings. The fourth-order valence-corrected chi connectivity index (χ4v) is 2.96. The molecule has 0 saturated heterocycles. The van der Waals surface area contributed by atoms with E-state index in [2.05, 4.69) is 5.32 Å². The van der Waals surface area contributed by atoms with Crippen molar-refractivity contribution in [1.82, 2.24) is 5.32 Å². The number of carbonyl (C=O) groups is 2. The fourth-order valence-electron chi connectivity index (χ4n) is 2.96. The van der Waals surface area contributed by atoms with Crippen LogP contribution in [-0.4, -0.2) is 28.3 Å². The molecule has 3 aromatic carbocycles. The van der Waals surface area contributed by atoms with E-state index in [0.29, 0.717) is 11.1 Å². The van der Waals surface area contributed by atoms with E-state index < -0.39 is 16.9 Å². The number of amides is 1. The van der Waals surface area contributed by atoms with Crippen LogP contribution in [0.15, 0.2) is 72.8 Å². The van der Waals surface area contributed by atoms with Crippen molar-refractivity contribution in [2.45, 2.75) is 13.0 Å². The van der Waals surface area contributed by atoms with Crippen LogP contribution < -0.4 is 5.32 Å². The molecule has 7 nitrogen and oxygen atoms in total. The Morgan fingerprint density at radius 2 is 1.57 bits per heavy atom. The van der Waals surface area contributed by atoms with Crippen LogP contribution in [0.4, 0.5) is 5.69 Å². The molecule has 3 aromatic rings. The molecular weight excluding hydrogens is 384 g/mol. The number of rotatable bonds is 7. The van der Waals surface area contributed by atoms with Gasteiger partial charge in [0.15, 0.2) is 5.78 Å². The Bertz CT molecular complexity index is 1080. The average molecular weight is 404 g/mol. The first-order chi connectivity index (χ1) is 14.4. The predicted octanol–water partition coefficient (Wildman–Crippen LogP) is 3.60. The second-order valence-electron chi connectivity index (χ2n) is 6.82. The molecule has 0 aliphatic carbocycles. The number of hydrogen-bond acceptors (Lipinski definition) is 5. The van der Waals surface area contributed by atoms with Gasteiger partial charge in [-0.3, -0.25) is 19.7 Å². The van der Waals surface area contributed by atoms with Crippen LogP contribution in [0.5, 0.6) is 0 Å². The molecule has 2 N–H and O–H groups in total. The third-order valence-corrected chi connectivity index (χ3v) is 4.67. The number of non-ortho nitro benzene ring substituents is 1. The van der Waals surface area contributed by atoms with E-state index in [4.69, 9.17) is 0 Å². The normalized spacial score (nSPS) is 11.5.